The molecule has 4 N–H and O–H groups in total. The van der Waals surface area contributed by atoms with Gasteiger partial charge in [0, 0.05) is 50.4 Å². The molecule has 0 aromatic heterocycles. The predicted octanol–water partition coefficient (Wildman–Crippen LogP) is 3.73. The molecule has 3 atom stereocenters. The van der Waals surface area contributed by atoms with Crippen LogP contribution in [-0.4, -0.2) is 88.0 Å². The molecule has 0 bridgehead atoms. The monoisotopic (exact) mass is 734 g/mol. The topological polar surface area (TPSA) is 157 Å². The molecule has 52 heavy (non-hydrogen) atoms. The van der Waals surface area contributed by atoms with Crippen molar-refractivity contribution in [1.82, 2.24) is 26.2 Å². The lowest BCUT2D eigenvalue weighted by molar-refractivity contribution is -0.130. The van der Waals surface area contributed by atoms with E-state index >= 15 is 0 Å². The first-order chi connectivity index (χ1) is 24.6. The third kappa shape index (κ3) is 12.5. The van der Waals surface area contributed by atoms with E-state index in [2.05, 4.69) is 21.3 Å². The van der Waals surface area contributed by atoms with E-state index in [1.807, 2.05) is 88.4 Å². The van der Waals surface area contributed by atoms with Gasteiger partial charge in [0.05, 0.1) is 18.0 Å². The molecule has 0 fully saturated rings. The molecule has 3 aromatic rings. The molecule has 3 rings (SSSR count). The Hall–Kier alpha value is -4.75. The number of carbonyl (C=O) groups excluding carboxylic acids is 4. The van der Waals surface area contributed by atoms with Gasteiger partial charge in [-0.2, -0.15) is 0 Å². The van der Waals surface area contributed by atoms with Crippen molar-refractivity contribution in [2.24, 2.45) is 5.92 Å². The molecule has 3 aromatic carbocycles. The first kappa shape index (κ1) is 41.7. The van der Waals surface area contributed by atoms with Crippen LogP contribution in [0.15, 0.2) is 78.9 Å². The van der Waals surface area contributed by atoms with E-state index in [9.17, 15) is 27.6 Å². The number of nitrogens with zero attached hydrogens (tertiary/aromatic N) is 2. The second kappa shape index (κ2) is 19.7. The lowest BCUT2D eigenvalue weighted by Crippen LogP contribution is -2.55. The summed E-state index contributed by atoms with van der Waals surface area (Å²) >= 11 is 0. The number of nitrogens with one attached hydrogen (secondary N) is 4. The molecule has 0 aliphatic heterocycles. The summed E-state index contributed by atoms with van der Waals surface area (Å²) in [5.74, 6) is -1.60. The molecule has 0 saturated heterocycles. The Bertz CT molecular complexity index is 1750. The number of anilines is 1. The molecular formula is C39H54N6O6S. The molecule has 0 spiro atoms. The minimum absolute atomic E-state index is 0.109. The summed E-state index contributed by atoms with van der Waals surface area (Å²) in [7, 11) is -2.36. The van der Waals surface area contributed by atoms with Gasteiger partial charge in [-0.15, -0.1) is 0 Å². The molecule has 4 amide bonds. The van der Waals surface area contributed by atoms with Crippen molar-refractivity contribution in [2.45, 2.75) is 72.1 Å². The van der Waals surface area contributed by atoms with Crippen molar-refractivity contribution < 1.29 is 27.6 Å². The van der Waals surface area contributed by atoms with Crippen LogP contribution in [0.3, 0.4) is 0 Å². The third-order valence-corrected chi connectivity index (χ3v) is 9.81. The summed E-state index contributed by atoms with van der Waals surface area (Å²) in [6.45, 7) is 10.6. The fraction of sp³-hybridized carbons (Fsp3) is 0.436. The lowest BCUT2D eigenvalue weighted by Gasteiger charge is -2.26. The second-order valence-corrected chi connectivity index (χ2v) is 15.3. The lowest BCUT2D eigenvalue weighted by atomic mass is 10.0. The standard InChI is InChI=1S/C39H54N6O6S/c1-8-20-45(26-30-18-14-11-15-19-30)39(49)32-22-31(23-34(24-32)44(6)52(7,50)51)37(47)42-33(21-29-16-12-10-13-17-29)25-41-28(5)36(46)43-35(27(3)4)38(48)40-9-2/h10-19,22-24,27-28,33,35,41H,8-9,20-21,25-26H2,1-7H3,(H,40,48)(H,42,47)(H,43,46)/t28-,33-,35-/m0/s1. The zero-order valence-electron chi connectivity index (χ0n) is 31.3. The highest BCUT2D eigenvalue weighted by Crippen LogP contribution is 2.23. The van der Waals surface area contributed by atoms with Crippen molar-refractivity contribution in [3.63, 3.8) is 0 Å². The normalized spacial score (nSPS) is 13.1. The Kier molecular flexibility index (Phi) is 15.8. The number of rotatable bonds is 19. The van der Waals surface area contributed by atoms with Crippen LogP contribution in [-0.2, 0) is 32.6 Å². The van der Waals surface area contributed by atoms with Crippen LogP contribution in [0, 0.1) is 5.92 Å². The number of amides is 4. The molecule has 0 heterocycles. The Morgan fingerprint density at radius 2 is 1.38 bits per heavy atom. The third-order valence-electron chi connectivity index (χ3n) is 8.61. The van der Waals surface area contributed by atoms with E-state index in [1.54, 1.807) is 11.8 Å². The van der Waals surface area contributed by atoms with Crippen molar-refractivity contribution in [1.29, 1.82) is 0 Å². The average Bonchev–Trinajstić information content (AvgIpc) is 3.11. The van der Waals surface area contributed by atoms with Gasteiger partial charge in [0.15, 0.2) is 0 Å². The van der Waals surface area contributed by atoms with E-state index in [1.165, 1.54) is 25.2 Å². The zero-order chi connectivity index (χ0) is 38.4. The van der Waals surface area contributed by atoms with Gasteiger partial charge in [-0.05, 0) is 61.9 Å². The van der Waals surface area contributed by atoms with Crippen LogP contribution in [0.2, 0.25) is 0 Å². The van der Waals surface area contributed by atoms with Gasteiger partial charge < -0.3 is 26.2 Å². The van der Waals surface area contributed by atoms with Gasteiger partial charge in [0.1, 0.15) is 6.04 Å². The Morgan fingerprint density at radius 1 is 0.788 bits per heavy atom. The highest BCUT2D eigenvalue weighted by atomic mass is 32.2. The number of hydrogen-bond donors (Lipinski definition) is 4. The zero-order valence-corrected chi connectivity index (χ0v) is 32.1. The summed E-state index contributed by atoms with van der Waals surface area (Å²) in [6, 6.07) is 21.6. The number of sulfonamides is 1. The molecule has 12 nitrogen and oxygen atoms in total. The van der Waals surface area contributed by atoms with Crippen LogP contribution in [0.25, 0.3) is 0 Å². The highest BCUT2D eigenvalue weighted by molar-refractivity contribution is 7.92. The molecule has 13 heteroatoms. The van der Waals surface area contributed by atoms with Crippen molar-refractivity contribution in [3.05, 3.63) is 101 Å². The number of hydrogen-bond acceptors (Lipinski definition) is 7. The molecular weight excluding hydrogens is 681 g/mol. The van der Waals surface area contributed by atoms with Gasteiger partial charge in [0.2, 0.25) is 21.8 Å². The fourth-order valence-corrected chi connectivity index (χ4v) is 6.09. The summed E-state index contributed by atoms with van der Waals surface area (Å²) in [5.41, 5.74) is 2.34. The molecule has 0 unspecified atom stereocenters. The molecule has 0 aliphatic rings. The quantitative estimate of drug-likeness (QED) is 0.146. The van der Waals surface area contributed by atoms with E-state index in [0.717, 1.165) is 21.7 Å². The van der Waals surface area contributed by atoms with Crippen LogP contribution < -0.4 is 25.6 Å². The molecule has 0 saturated carbocycles. The second-order valence-electron chi connectivity index (χ2n) is 13.3. The number of benzene rings is 3. The number of carbonyl (C=O) groups is 4. The first-order valence-corrected chi connectivity index (χ1v) is 19.6. The van der Waals surface area contributed by atoms with Gasteiger partial charge in [-0.1, -0.05) is 81.4 Å². The predicted molar refractivity (Wildman–Crippen MR) is 205 cm³/mol. The highest BCUT2D eigenvalue weighted by Gasteiger charge is 2.27. The average molecular weight is 735 g/mol. The Labute approximate surface area is 308 Å². The van der Waals surface area contributed by atoms with E-state index in [4.69, 9.17) is 0 Å². The SMILES string of the molecule is CCCN(Cc1ccccc1)C(=O)c1cc(C(=O)N[C@H](CN[C@@H](C)C(=O)N[C@H](C(=O)NCC)C(C)C)Cc2ccccc2)cc(N(C)S(C)(=O)=O)c1. The maximum absolute atomic E-state index is 14.0. The first-order valence-electron chi connectivity index (χ1n) is 17.7. The maximum atomic E-state index is 14.0. The summed E-state index contributed by atoms with van der Waals surface area (Å²) in [4.78, 5) is 55.4. The van der Waals surface area contributed by atoms with Gasteiger partial charge in [-0.25, -0.2) is 8.42 Å². The van der Waals surface area contributed by atoms with E-state index < -0.39 is 34.1 Å². The minimum Gasteiger partial charge on any atom is -0.355 e. The van der Waals surface area contributed by atoms with Crippen molar-refractivity contribution in [3.8, 4) is 0 Å². The summed E-state index contributed by atoms with van der Waals surface area (Å²) in [5, 5.41) is 11.8. The van der Waals surface area contributed by atoms with Crippen molar-refractivity contribution in [2.75, 3.05) is 37.2 Å². The minimum atomic E-state index is -3.73. The van der Waals surface area contributed by atoms with Crippen LogP contribution >= 0.6 is 0 Å². The van der Waals surface area contributed by atoms with Crippen LogP contribution in [0.1, 0.15) is 72.9 Å². The van der Waals surface area contributed by atoms with E-state index in [0.29, 0.717) is 32.5 Å². The van der Waals surface area contributed by atoms with Gasteiger partial charge in [0.25, 0.3) is 11.8 Å². The summed E-state index contributed by atoms with van der Waals surface area (Å²) < 4.78 is 26.2. The van der Waals surface area contributed by atoms with Crippen LogP contribution in [0.5, 0.6) is 0 Å². The maximum Gasteiger partial charge on any atom is 0.254 e. The van der Waals surface area contributed by atoms with Gasteiger partial charge >= 0.3 is 0 Å². The molecule has 0 aliphatic carbocycles. The van der Waals surface area contributed by atoms with Gasteiger partial charge in [-0.3, -0.25) is 23.5 Å². The van der Waals surface area contributed by atoms with Crippen molar-refractivity contribution >= 4 is 39.3 Å². The molecule has 282 valence electrons. The van der Waals surface area contributed by atoms with E-state index in [-0.39, 0.29) is 47.0 Å². The Morgan fingerprint density at radius 3 is 1.94 bits per heavy atom. The van der Waals surface area contributed by atoms with Crippen LogP contribution in [0.4, 0.5) is 5.69 Å². The summed E-state index contributed by atoms with van der Waals surface area (Å²) in [6.07, 6.45) is 2.17. The number of likely N-dealkylation sites (N-methyl/N-ethyl adjacent to an activating group) is 1. The largest absolute Gasteiger partial charge is 0.355 e. The fourth-order valence-electron chi connectivity index (χ4n) is 5.60. The molecule has 0 radical (unpaired) electrons. The smallest absolute Gasteiger partial charge is 0.254 e. The Balaban J connectivity index is 1.91.